The summed E-state index contributed by atoms with van der Waals surface area (Å²) in [5, 5.41) is 19.5. The van der Waals surface area contributed by atoms with Crippen molar-refractivity contribution in [3.63, 3.8) is 0 Å². The molecule has 0 spiro atoms. The Bertz CT molecular complexity index is 172. The van der Waals surface area contributed by atoms with E-state index in [2.05, 4.69) is 21.9 Å². The average Bonchev–Trinajstić information content (AvgIpc) is 2.16. The summed E-state index contributed by atoms with van der Waals surface area (Å²) in [5.41, 5.74) is -1.16. The van der Waals surface area contributed by atoms with Crippen molar-refractivity contribution in [1.29, 1.82) is 0 Å². The number of hydrogen-bond donors (Lipinski definition) is 2. The molecule has 0 aromatic heterocycles. The van der Waals surface area contributed by atoms with Crippen LogP contribution < -0.4 is 0 Å². The summed E-state index contributed by atoms with van der Waals surface area (Å²) < 4.78 is 0. The van der Waals surface area contributed by atoms with Crippen molar-refractivity contribution in [3.05, 3.63) is 0 Å². The molecule has 13 heavy (non-hydrogen) atoms. The molecule has 76 valence electrons. The standard InChI is InChI=1S/C10H17BrO2/c1-3-5-6-10(13,4-2)9(7-11)8-12/h2,9,12-13H,3,5-8H2,1H3. The van der Waals surface area contributed by atoms with Crippen LogP contribution in [-0.4, -0.2) is 27.8 Å². The molecule has 2 nitrogen and oxygen atoms in total. The molecule has 0 radical (unpaired) electrons. The van der Waals surface area contributed by atoms with Crippen LogP contribution in [0.4, 0.5) is 0 Å². The van der Waals surface area contributed by atoms with Crippen molar-refractivity contribution in [2.45, 2.75) is 31.8 Å². The van der Waals surface area contributed by atoms with Gasteiger partial charge in [-0.3, -0.25) is 0 Å². The molecule has 0 aliphatic heterocycles. The van der Waals surface area contributed by atoms with E-state index in [0.717, 1.165) is 12.8 Å². The average molecular weight is 249 g/mol. The van der Waals surface area contributed by atoms with E-state index in [-0.39, 0.29) is 12.5 Å². The van der Waals surface area contributed by atoms with Crippen LogP contribution in [0.2, 0.25) is 0 Å². The number of aliphatic hydroxyl groups excluding tert-OH is 1. The van der Waals surface area contributed by atoms with Gasteiger partial charge in [-0.2, -0.15) is 0 Å². The maximum absolute atomic E-state index is 9.98. The van der Waals surface area contributed by atoms with Crippen LogP contribution >= 0.6 is 15.9 Å². The quantitative estimate of drug-likeness (QED) is 0.553. The van der Waals surface area contributed by atoms with E-state index < -0.39 is 5.60 Å². The second-order valence-corrected chi connectivity index (χ2v) is 3.85. The summed E-state index contributed by atoms with van der Waals surface area (Å²) >= 11 is 3.23. The van der Waals surface area contributed by atoms with E-state index in [1.165, 1.54) is 0 Å². The van der Waals surface area contributed by atoms with Gasteiger partial charge in [0.2, 0.25) is 0 Å². The molecule has 0 heterocycles. The minimum absolute atomic E-state index is 0.0876. The van der Waals surface area contributed by atoms with Crippen LogP contribution in [0.1, 0.15) is 26.2 Å². The molecule has 0 aliphatic rings. The molecule has 2 atom stereocenters. The summed E-state index contributed by atoms with van der Waals surface area (Å²) in [5.74, 6) is 2.11. The Balaban J connectivity index is 4.33. The number of rotatable bonds is 6. The van der Waals surface area contributed by atoms with Gasteiger partial charge in [-0.25, -0.2) is 0 Å². The molecule has 2 N–H and O–H groups in total. The van der Waals surface area contributed by atoms with Gasteiger partial charge in [0.1, 0.15) is 5.60 Å². The summed E-state index contributed by atoms with van der Waals surface area (Å²) in [6, 6.07) is 0. The van der Waals surface area contributed by atoms with Crippen molar-refractivity contribution in [1.82, 2.24) is 0 Å². The Morgan fingerprint density at radius 1 is 1.62 bits per heavy atom. The van der Waals surface area contributed by atoms with Crippen molar-refractivity contribution in [3.8, 4) is 12.3 Å². The van der Waals surface area contributed by atoms with Crippen LogP contribution in [0.15, 0.2) is 0 Å². The number of alkyl halides is 1. The van der Waals surface area contributed by atoms with Crippen molar-refractivity contribution in [2.24, 2.45) is 5.92 Å². The van der Waals surface area contributed by atoms with Crippen LogP contribution in [0.5, 0.6) is 0 Å². The number of hydrogen-bond acceptors (Lipinski definition) is 2. The molecule has 0 bridgehead atoms. The highest BCUT2D eigenvalue weighted by molar-refractivity contribution is 9.09. The third-order valence-electron chi connectivity index (χ3n) is 2.24. The first-order valence-electron chi connectivity index (χ1n) is 4.51. The zero-order valence-corrected chi connectivity index (χ0v) is 9.55. The summed E-state index contributed by atoms with van der Waals surface area (Å²) in [4.78, 5) is 0. The molecule has 0 saturated carbocycles. The Morgan fingerprint density at radius 3 is 2.54 bits per heavy atom. The Hall–Kier alpha value is -0.0400. The highest BCUT2D eigenvalue weighted by atomic mass is 79.9. The van der Waals surface area contributed by atoms with Crippen molar-refractivity contribution in [2.75, 3.05) is 11.9 Å². The molecule has 0 aromatic rings. The Morgan fingerprint density at radius 2 is 2.23 bits per heavy atom. The fraction of sp³-hybridized carbons (Fsp3) is 0.800. The summed E-state index contributed by atoms with van der Waals surface area (Å²) in [6.07, 6.45) is 7.69. The van der Waals surface area contributed by atoms with Crippen molar-refractivity contribution < 1.29 is 10.2 Å². The zero-order chi connectivity index (χ0) is 10.3. The van der Waals surface area contributed by atoms with Gasteiger partial charge in [0.25, 0.3) is 0 Å². The van der Waals surface area contributed by atoms with E-state index in [1.807, 2.05) is 6.92 Å². The second kappa shape index (κ2) is 6.42. The smallest absolute Gasteiger partial charge is 0.131 e. The van der Waals surface area contributed by atoms with Gasteiger partial charge < -0.3 is 10.2 Å². The first-order valence-corrected chi connectivity index (χ1v) is 5.63. The van der Waals surface area contributed by atoms with E-state index in [0.29, 0.717) is 11.8 Å². The number of terminal acetylenes is 1. The molecule has 0 rings (SSSR count). The number of halogens is 1. The maximum atomic E-state index is 9.98. The minimum Gasteiger partial charge on any atom is -0.396 e. The lowest BCUT2D eigenvalue weighted by molar-refractivity contribution is 0.0123. The third kappa shape index (κ3) is 3.68. The lowest BCUT2D eigenvalue weighted by Crippen LogP contribution is -2.39. The number of aliphatic hydroxyl groups is 2. The number of unbranched alkanes of at least 4 members (excludes halogenated alkanes) is 1. The van der Waals surface area contributed by atoms with Gasteiger partial charge in [0.05, 0.1) is 6.61 Å². The molecule has 3 heteroatoms. The van der Waals surface area contributed by atoms with Crippen LogP contribution in [0, 0.1) is 18.3 Å². The highest BCUT2D eigenvalue weighted by Crippen LogP contribution is 2.24. The van der Waals surface area contributed by atoms with Gasteiger partial charge in [0.15, 0.2) is 0 Å². The van der Waals surface area contributed by atoms with Crippen LogP contribution in [0.3, 0.4) is 0 Å². The van der Waals surface area contributed by atoms with Gasteiger partial charge >= 0.3 is 0 Å². The van der Waals surface area contributed by atoms with Crippen LogP contribution in [-0.2, 0) is 0 Å². The van der Waals surface area contributed by atoms with Gasteiger partial charge in [0, 0.05) is 11.2 Å². The normalized spacial score (nSPS) is 17.5. The fourth-order valence-corrected chi connectivity index (χ4v) is 1.91. The largest absolute Gasteiger partial charge is 0.396 e. The SMILES string of the molecule is C#CC(O)(CCCC)C(CO)CBr. The van der Waals surface area contributed by atoms with E-state index in [9.17, 15) is 5.11 Å². The Kier molecular flexibility index (Phi) is 6.40. The summed E-state index contributed by atoms with van der Waals surface area (Å²) in [6.45, 7) is 1.95. The molecular weight excluding hydrogens is 232 g/mol. The topological polar surface area (TPSA) is 40.5 Å². The lowest BCUT2D eigenvalue weighted by Gasteiger charge is -2.29. The lowest BCUT2D eigenvalue weighted by atomic mass is 9.85. The first kappa shape index (κ1) is 13.0. The Labute approximate surface area is 88.5 Å². The monoisotopic (exact) mass is 248 g/mol. The molecule has 0 fully saturated rings. The summed E-state index contributed by atoms with van der Waals surface area (Å²) in [7, 11) is 0. The van der Waals surface area contributed by atoms with E-state index in [1.54, 1.807) is 0 Å². The minimum atomic E-state index is -1.16. The third-order valence-corrected chi connectivity index (χ3v) is 3.03. The van der Waals surface area contributed by atoms with Crippen LogP contribution in [0.25, 0.3) is 0 Å². The van der Waals surface area contributed by atoms with Gasteiger partial charge in [-0.05, 0) is 12.8 Å². The molecule has 0 amide bonds. The predicted octanol–water partition coefficient (Wildman–Crippen LogP) is 1.54. The van der Waals surface area contributed by atoms with E-state index in [4.69, 9.17) is 11.5 Å². The molecule has 0 saturated heterocycles. The van der Waals surface area contributed by atoms with E-state index >= 15 is 0 Å². The second-order valence-electron chi connectivity index (χ2n) is 3.21. The highest BCUT2D eigenvalue weighted by Gasteiger charge is 2.32. The maximum Gasteiger partial charge on any atom is 0.131 e. The van der Waals surface area contributed by atoms with Gasteiger partial charge in [-0.15, -0.1) is 6.42 Å². The first-order chi connectivity index (χ1) is 6.14. The molecular formula is C10H17BrO2. The fourth-order valence-electron chi connectivity index (χ4n) is 1.17. The zero-order valence-electron chi connectivity index (χ0n) is 7.96. The molecule has 0 aromatic carbocycles. The molecule has 2 unspecified atom stereocenters. The predicted molar refractivity (Wildman–Crippen MR) is 57.7 cm³/mol. The van der Waals surface area contributed by atoms with Gasteiger partial charge in [-0.1, -0.05) is 35.2 Å². The van der Waals surface area contributed by atoms with Crippen molar-refractivity contribution >= 4 is 15.9 Å². The molecule has 0 aliphatic carbocycles.